The molecule has 3 aromatic rings. The summed E-state index contributed by atoms with van der Waals surface area (Å²) in [6, 6.07) is 16.6. The fourth-order valence-corrected chi connectivity index (χ4v) is 4.33. The van der Waals surface area contributed by atoms with Crippen molar-refractivity contribution in [2.24, 2.45) is 5.92 Å². The Morgan fingerprint density at radius 3 is 2.38 bits per heavy atom. The van der Waals surface area contributed by atoms with E-state index in [0.717, 1.165) is 36.0 Å². The van der Waals surface area contributed by atoms with Gasteiger partial charge in [0.1, 0.15) is 0 Å². The number of rotatable bonds is 10. The first-order chi connectivity index (χ1) is 16.3. The monoisotopic (exact) mass is 460 g/mol. The lowest BCUT2D eigenvalue weighted by Gasteiger charge is -2.30. The largest absolute Gasteiger partial charge is 0.378 e. The molecule has 1 aliphatic rings. The van der Waals surface area contributed by atoms with Crippen molar-refractivity contribution in [1.29, 1.82) is 0 Å². The van der Waals surface area contributed by atoms with Crippen molar-refractivity contribution < 1.29 is 9.59 Å². The Balaban J connectivity index is 1.51. The van der Waals surface area contributed by atoms with E-state index in [0.29, 0.717) is 13.1 Å². The van der Waals surface area contributed by atoms with Crippen LogP contribution in [0.3, 0.4) is 0 Å². The number of para-hydroxylation sites is 1. The van der Waals surface area contributed by atoms with Crippen molar-refractivity contribution in [3.05, 3.63) is 65.9 Å². The molecular formula is C28H36N4O2. The zero-order valence-corrected chi connectivity index (χ0v) is 20.8. The number of aromatic nitrogens is 1. The van der Waals surface area contributed by atoms with Crippen LogP contribution in [0.25, 0.3) is 10.9 Å². The Labute approximate surface area is 202 Å². The van der Waals surface area contributed by atoms with Gasteiger partial charge in [-0.2, -0.15) is 0 Å². The van der Waals surface area contributed by atoms with Gasteiger partial charge in [-0.25, -0.2) is 0 Å². The molecule has 0 radical (unpaired) electrons. The first-order valence-electron chi connectivity index (χ1n) is 12.2. The molecule has 0 saturated heterocycles. The molecule has 0 spiro atoms. The average Bonchev–Trinajstić information content (AvgIpc) is 3.60. The second-order valence-corrected chi connectivity index (χ2v) is 9.82. The number of amides is 2. The highest BCUT2D eigenvalue weighted by atomic mass is 16.2. The molecule has 1 heterocycles. The van der Waals surface area contributed by atoms with Crippen LogP contribution in [0.2, 0.25) is 0 Å². The second-order valence-electron chi connectivity index (χ2n) is 9.82. The van der Waals surface area contributed by atoms with Crippen molar-refractivity contribution >= 4 is 28.4 Å². The van der Waals surface area contributed by atoms with Crippen LogP contribution in [-0.4, -0.2) is 59.8 Å². The van der Waals surface area contributed by atoms with E-state index in [2.05, 4.69) is 46.3 Å². The van der Waals surface area contributed by atoms with Crippen LogP contribution >= 0.6 is 0 Å². The minimum atomic E-state index is -0.000715. The van der Waals surface area contributed by atoms with Gasteiger partial charge in [0.25, 0.3) is 0 Å². The molecule has 1 aliphatic carbocycles. The number of hydrogen-bond donors (Lipinski definition) is 1. The van der Waals surface area contributed by atoms with Crippen LogP contribution in [0, 0.1) is 5.92 Å². The Hall–Kier alpha value is -3.28. The Morgan fingerprint density at radius 2 is 1.74 bits per heavy atom. The smallest absolute Gasteiger partial charge is 0.242 e. The SMILES string of the molecule is CC(C)N(CC(=O)N(CCc1c[nH]c2ccccc12)Cc1ccc(N(C)C)cc1)C(=O)C1CC1. The predicted octanol–water partition coefficient (Wildman–Crippen LogP) is 4.45. The highest BCUT2D eigenvalue weighted by Gasteiger charge is 2.35. The fourth-order valence-electron chi connectivity index (χ4n) is 4.33. The number of nitrogens with one attached hydrogen (secondary N) is 1. The molecule has 34 heavy (non-hydrogen) atoms. The molecule has 0 unspecified atom stereocenters. The van der Waals surface area contributed by atoms with Gasteiger partial charge in [-0.3, -0.25) is 9.59 Å². The van der Waals surface area contributed by atoms with Crippen molar-refractivity contribution in [1.82, 2.24) is 14.8 Å². The van der Waals surface area contributed by atoms with E-state index in [1.807, 2.05) is 51.2 Å². The molecule has 2 amide bonds. The molecule has 180 valence electrons. The van der Waals surface area contributed by atoms with E-state index in [9.17, 15) is 9.59 Å². The molecule has 1 saturated carbocycles. The third kappa shape index (κ3) is 5.61. The lowest BCUT2D eigenvalue weighted by molar-refractivity contribution is -0.143. The lowest BCUT2D eigenvalue weighted by atomic mass is 10.1. The topological polar surface area (TPSA) is 59.7 Å². The summed E-state index contributed by atoms with van der Waals surface area (Å²) in [6.07, 6.45) is 4.68. The molecule has 2 aromatic carbocycles. The van der Waals surface area contributed by atoms with E-state index in [1.54, 1.807) is 4.90 Å². The van der Waals surface area contributed by atoms with E-state index < -0.39 is 0 Å². The molecule has 1 N–H and O–H groups in total. The predicted molar refractivity (Wildman–Crippen MR) is 138 cm³/mol. The summed E-state index contributed by atoms with van der Waals surface area (Å²) in [5.41, 5.74) is 4.52. The standard InChI is InChI=1S/C28H36N4O2/c1-20(2)32(28(34)22-11-12-22)19-27(33)31(18-21-9-13-24(14-10-21)30(3)4)16-15-23-17-29-26-8-6-5-7-25(23)26/h5-10,13-14,17,20,22,29H,11-12,15-16,18-19H2,1-4H3. The Morgan fingerprint density at radius 1 is 1.03 bits per heavy atom. The molecule has 1 aromatic heterocycles. The minimum absolute atomic E-state index is 0.000715. The zero-order chi connectivity index (χ0) is 24.2. The van der Waals surface area contributed by atoms with Gasteiger partial charge in [0.15, 0.2) is 0 Å². The van der Waals surface area contributed by atoms with Crippen molar-refractivity contribution in [3.63, 3.8) is 0 Å². The third-order valence-corrected chi connectivity index (χ3v) is 6.64. The van der Waals surface area contributed by atoms with E-state index in [1.165, 1.54) is 10.9 Å². The number of nitrogens with zero attached hydrogens (tertiary/aromatic N) is 3. The number of hydrogen-bond acceptors (Lipinski definition) is 3. The zero-order valence-electron chi connectivity index (χ0n) is 20.8. The number of aromatic amines is 1. The molecule has 6 heteroatoms. The van der Waals surface area contributed by atoms with E-state index in [4.69, 9.17) is 0 Å². The van der Waals surface area contributed by atoms with Gasteiger partial charge in [-0.05, 0) is 62.4 Å². The quantitative estimate of drug-likeness (QED) is 0.486. The van der Waals surface area contributed by atoms with Gasteiger partial charge in [-0.15, -0.1) is 0 Å². The van der Waals surface area contributed by atoms with Gasteiger partial charge < -0.3 is 19.7 Å². The molecule has 0 bridgehead atoms. The fraction of sp³-hybridized carbons (Fsp3) is 0.429. The highest BCUT2D eigenvalue weighted by molar-refractivity contribution is 5.87. The van der Waals surface area contributed by atoms with Gasteiger partial charge in [0, 0.05) is 61.9 Å². The number of carbonyl (C=O) groups excluding carboxylic acids is 2. The van der Waals surface area contributed by atoms with Gasteiger partial charge >= 0.3 is 0 Å². The van der Waals surface area contributed by atoms with Gasteiger partial charge in [0.2, 0.25) is 11.8 Å². The number of carbonyl (C=O) groups is 2. The van der Waals surface area contributed by atoms with Crippen molar-refractivity contribution in [2.75, 3.05) is 32.1 Å². The summed E-state index contributed by atoms with van der Waals surface area (Å²) in [4.78, 5) is 35.4. The normalized spacial score (nSPS) is 13.3. The summed E-state index contributed by atoms with van der Waals surface area (Å²) in [5, 5.41) is 1.19. The molecular weight excluding hydrogens is 424 g/mol. The van der Waals surface area contributed by atoms with Gasteiger partial charge in [-0.1, -0.05) is 30.3 Å². The molecule has 0 atom stereocenters. The lowest BCUT2D eigenvalue weighted by Crippen LogP contribution is -2.46. The van der Waals surface area contributed by atoms with Crippen LogP contribution in [0.4, 0.5) is 5.69 Å². The summed E-state index contributed by atoms with van der Waals surface area (Å²) in [6.45, 7) is 5.24. The van der Waals surface area contributed by atoms with Crippen LogP contribution in [0.15, 0.2) is 54.7 Å². The van der Waals surface area contributed by atoms with E-state index >= 15 is 0 Å². The highest BCUT2D eigenvalue weighted by Crippen LogP contribution is 2.31. The summed E-state index contributed by atoms with van der Waals surface area (Å²) in [5.74, 6) is 0.225. The molecule has 6 nitrogen and oxygen atoms in total. The van der Waals surface area contributed by atoms with Crippen LogP contribution in [0.1, 0.15) is 37.8 Å². The van der Waals surface area contributed by atoms with Crippen molar-refractivity contribution in [2.45, 2.75) is 45.7 Å². The minimum Gasteiger partial charge on any atom is -0.378 e. The number of anilines is 1. The van der Waals surface area contributed by atoms with E-state index in [-0.39, 0.29) is 30.3 Å². The summed E-state index contributed by atoms with van der Waals surface area (Å²) < 4.78 is 0. The van der Waals surface area contributed by atoms with Crippen LogP contribution in [-0.2, 0) is 22.6 Å². The van der Waals surface area contributed by atoms with Gasteiger partial charge in [0.05, 0.1) is 6.54 Å². The summed E-state index contributed by atoms with van der Waals surface area (Å²) >= 11 is 0. The maximum absolute atomic E-state index is 13.5. The maximum Gasteiger partial charge on any atom is 0.242 e. The average molecular weight is 461 g/mol. The molecule has 0 aliphatic heterocycles. The first kappa shape index (κ1) is 23.9. The summed E-state index contributed by atoms with van der Waals surface area (Å²) in [7, 11) is 4.03. The number of H-pyrrole nitrogens is 1. The third-order valence-electron chi connectivity index (χ3n) is 6.64. The Bertz CT molecular complexity index is 1130. The first-order valence-corrected chi connectivity index (χ1v) is 12.2. The number of benzene rings is 2. The molecule has 1 fully saturated rings. The maximum atomic E-state index is 13.5. The Kier molecular flexibility index (Phi) is 7.25. The second kappa shape index (κ2) is 10.3. The van der Waals surface area contributed by atoms with Crippen molar-refractivity contribution in [3.8, 4) is 0 Å². The van der Waals surface area contributed by atoms with Crippen LogP contribution < -0.4 is 4.90 Å². The number of fused-ring (bicyclic) bond motifs is 1. The van der Waals surface area contributed by atoms with Crippen LogP contribution in [0.5, 0.6) is 0 Å². The molecule has 4 rings (SSSR count).